The lowest BCUT2D eigenvalue weighted by Gasteiger charge is -2.41. The van der Waals surface area contributed by atoms with E-state index in [9.17, 15) is 5.11 Å². The van der Waals surface area contributed by atoms with E-state index in [1.54, 1.807) is 0 Å². The summed E-state index contributed by atoms with van der Waals surface area (Å²) in [5, 5.41) is 10.5. The molecule has 1 N–H and O–H groups in total. The third-order valence-electron chi connectivity index (χ3n) is 5.93. The minimum atomic E-state index is 0.299. The third-order valence-corrected chi connectivity index (χ3v) is 5.93. The highest BCUT2D eigenvalue weighted by Gasteiger charge is 2.28. The van der Waals surface area contributed by atoms with Gasteiger partial charge in [0.2, 0.25) is 0 Å². The van der Waals surface area contributed by atoms with Crippen molar-refractivity contribution in [1.82, 2.24) is 9.80 Å². The maximum absolute atomic E-state index is 10.5. The highest BCUT2D eigenvalue weighted by atomic mass is 16.5. The monoisotopic (exact) mass is 366 g/mol. The van der Waals surface area contributed by atoms with Crippen LogP contribution in [0, 0.1) is 0 Å². The van der Waals surface area contributed by atoms with Crippen LogP contribution in [0.1, 0.15) is 36.5 Å². The Morgan fingerprint density at radius 3 is 2.78 bits per heavy atom. The zero-order chi connectivity index (χ0) is 18.6. The number of aromatic hydroxyl groups is 1. The highest BCUT2D eigenvalue weighted by molar-refractivity contribution is 5.45. The molecule has 0 saturated carbocycles. The Morgan fingerprint density at radius 2 is 1.93 bits per heavy atom. The number of para-hydroxylation sites is 1. The van der Waals surface area contributed by atoms with E-state index in [2.05, 4.69) is 34.1 Å². The van der Waals surface area contributed by atoms with E-state index in [0.717, 1.165) is 44.7 Å². The van der Waals surface area contributed by atoms with Crippen molar-refractivity contribution >= 4 is 0 Å². The van der Waals surface area contributed by atoms with Crippen molar-refractivity contribution in [3.05, 3.63) is 59.2 Å². The van der Waals surface area contributed by atoms with Crippen LogP contribution in [-0.4, -0.2) is 47.2 Å². The zero-order valence-electron chi connectivity index (χ0n) is 16.2. The summed E-state index contributed by atoms with van der Waals surface area (Å²) in [7, 11) is 0. The standard InChI is InChI=1S/C23H30N2O2/c1-2-27-22-11-5-9-20(23(22)26)15-24-13-6-10-21(17-24)25-14-12-18-7-3-4-8-19(18)16-25/h3-5,7-9,11,21,26H,2,6,10,12-17H2,1H3/t21-/m1/s1. The van der Waals surface area contributed by atoms with E-state index in [1.807, 2.05) is 25.1 Å². The van der Waals surface area contributed by atoms with Gasteiger partial charge in [-0.2, -0.15) is 0 Å². The number of likely N-dealkylation sites (tertiary alicyclic amines) is 1. The van der Waals surface area contributed by atoms with Crippen LogP contribution >= 0.6 is 0 Å². The average Bonchev–Trinajstić information content (AvgIpc) is 2.71. The molecule has 0 bridgehead atoms. The lowest BCUT2D eigenvalue weighted by atomic mass is 9.96. The molecule has 4 nitrogen and oxygen atoms in total. The number of rotatable bonds is 5. The van der Waals surface area contributed by atoms with Gasteiger partial charge in [0.05, 0.1) is 6.61 Å². The molecule has 0 radical (unpaired) electrons. The van der Waals surface area contributed by atoms with E-state index in [-0.39, 0.29) is 0 Å². The van der Waals surface area contributed by atoms with Crippen molar-refractivity contribution in [2.75, 3.05) is 26.2 Å². The molecule has 4 rings (SSSR count). The van der Waals surface area contributed by atoms with Crippen molar-refractivity contribution in [1.29, 1.82) is 0 Å². The number of phenolic OH excluding ortho intramolecular Hbond substituents is 1. The fourth-order valence-corrected chi connectivity index (χ4v) is 4.51. The maximum atomic E-state index is 10.5. The molecule has 0 amide bonds. The van der Waals surface area contributed by atoms with Gasteiger partial charge in [0.25, 0.3) is 0 Å². The van der Waals surface area contributed by atoms with Crippen LogP contribution in [0.25, 0.3) is 0 Å². The number of piperidine rings is 1. The quantitative estimate of drug-likeness (QED) is 0.873. The summed E-state index contributed by atoms with van der Waals surface area (Å²) in [6.45, 7) is 7.69. The normalized spacial score (nSPS) is 21.0. The topological polar surface area (TPSA) is 35.9 Å². The average molecular weight is 367 g/mol. The largest absolute Gasteiger partial charge is 0.504 e. The predicted molar refractivity (Wildman–Crippen MR) is 108 cm³/mol. The molecule has 0 aromatic heterocycles. The molecule has 27 heavy (non-hydrogen) atoms. The summed E-state index contributed by atoms with van der Waals surface area (Å²) in [4.78, 5) is 5.14. The molecule has 1 saturated heterocycles. The molecule has 4 heteroatoms. The Balaban J connectivity index is 1.41. The molecule has 144 valence electrons. The minimum absolute atomic E-state index is 0.299. The van der Waals surface area contributed by atoms with Gasteiger partial charge in [-0.25, -0.2) is 0 Å². The van der Waals surface area contributed by atoms with Crippen molar-refractivity contribution in [3.8, 4) is 11.5 Å². The summed E-state index contributed by atoms with van der Waals surface area (Å²) in [6.07, 6.45) is 3.64. The molecule has 2 aromatic rings. The third kappa shape index (κ3) is 4.12. The van der Waals surface area contributed by atoms with Gasteiger partial charge in [0.15, 0.2) is 11.5 Å². The fourth-order valence-electron chi connectivity index (χ4n) is 4.51. The minimum Gasteiger partial charge on any atom is -0.504 e. The second-order valence-corrected chi connectivity index (χ2v) is 7.72. The van der Waals surface area contributed by atoms with Crippen LogP contribution in [-0.2, 0) is 19.5 Å². The van der Waals surface area contributed by atoms with Crippen LogP contribution in [0.5, 0.6) is 11.5 Å². The predicted octanol–water partition coefficient (Wildman–Crippen LogP) is 3.81. The molecule has 2 heterocycles. The molecule has 2 aliphatic rings. The Kier molecular flexibility index (Phi) is 5.65. The lowest BCUT2D eigenvalue weighted by molar-refractivity contribution is 0.0834. The summed E-state index contributed by atoms with van der Waals surface area (Å²) < 4.78 is 5.54. The SMILES string of the molecule is CCOc1cccc(CN2CCC[C@@H](N3CCc4ccccc4C3)C2)c1O. The molecule has 0 unspecified atom stereocenters. The van der Waals surface area contributed by atoms with Crippen LogP contribution in [0.15, 0.2) is 42.5 Å². The maximum Gasteiger partial charge on any atom is 0.162 e. The van der Waals surface area contributed by atoms with E-state index in [1.165, 1.54) is 24.0 Å². The molecule has 2 aliphatic heterocycles. The Morgan fingerprint density at radius 1 is 1.07 bits per heavy atom. The molecule has 2 aromatic carbocycles. The van der Waals surface area contributed by atoms with Gasteiger partial charge in [-0.15, -0.1) is 0 Å². The lowest BCUT2D eigenvalue weighted by Crippen LogP contribution is -2.49. The van der Waals surface area contributed by atoms with E-state index in [4.69, 9.17) is 4.74 Å². The van der Waals surface area contributed by atoms with Crippen molar-refractivity contribution in [2.45, 2.75) is 45.3 Å². The number of ether oxygens (including phenoxy) is 1. The Hall–Kier alpha value is -2.04. The first-order chi connectivity index (χ1) is 13.2. The van der Waals surface area contributed by atoms with E-state index >= 15 is 0 Å². The molecular formula is C23H30N2O2. The second kappa shape index (κ2) is 8.32. The van der Waals surface area contributed by atoms with Gasteiger partial charge in [0.1, 0.15) is 0 Å². The molecule has 1 fully saturated rings. The number of fused-ring (bicyclic) bond motifs is 1. The van der Waals surface area contributed by atoms with Gasteiger partial charge in [0, 0.05) is 37.8 Å². The number of nitrogens with zero attached hydrogens (tertiary/aromatic N) is 2. The van der Waals surface area contributed by atoms with Crippen molar-refractivity contribution in [2.24, 2.45) is 0 Å². The summed E-state index contributed by atoms with van der Waals surface area (Å²) in [5.74, 6) is 0.893. The van der Waals surface area contributed by atoms with Gasteiger partial charge >= 0.3 is 0 Å². The first-order valence-electron chi connectivity index (χ1n) is 10.2. The first kappa shape index (κ1) is 18.3. The fraction of sp³-hybridized carbons (Fsp3) is 0.478. The summed E-state index contributed by atoms with van der Waals surface area (Å²) in [6, 6.07) is 15.3. The van der Waals surface area contributed by atoms with Crippen LogP contribution in [0.2, 0.25) is 0 Å². The van der Waals surface area contributed by atoms with Crippen molar-refractivity contribution < 1.29 is 9.84 Å². The summed E-state index contributed by atoms with van der Waals surface area (Å²) >= 11 is 0. The van der Waals surface area contributed by atoms with Crippen molar-refractivity contribution in [3.63, 3.8) is 0 Å². The van der Waals surface area contributed by atoms with Crippen LogP contribution in [0.3, 0.4) is 0 Å². The van der Waals surface area contributed by atoms with Gasteiger partial charge in [-0.3, -0.25) is 9.80 Å². The van der Waals surface area contributed by atoms with Gasteiger partial charge in [-0.1, -0.05) is 36.4 Å². The summed E-state index contributed by atoms with van der Waals surface area (Å²) in [5.41, 5.74) is 3.97. The van der Waals surface area contributed by atoms with Crippen LogP contribution in [0.4, 0.5) is 0 Å². The Labute approximate surface area is 162 Å². The number of phenols is 1. The number of benzene rings is 2. The molecular weight excluding hydrogens is 336 g/mol. The smallest absolute Gasteiger partial charge is 0.162 e. The number of hydrogen-bond donors (Lipinski definition) is 1. The first-order valence-corrected chi connectivity index (χ1v) is 10.2. The number of hydrogen-bond acceptors (Lipinski definition) is 4. The van der Waals surface area contributed by atoms with Gasteiger partial charge < -0.3 is 9.84 Å². The van der Waals surface area contributed by atoms with Crippen LogP contribution < -0.4 is 4.74 Å². The molecule has 0 spiro atoms. The Bertz CT molecular complexity index is 777. The molecule has 0 aliphatic carbocycles. The van der Waals surface area contributed by atoms with E-state index < -0.39 is 0 Å². The second-order valence-electron chi connectivity index (χ2n) is 7.72. The van der Waals surface area contributed by atoms with E-state index in [0.29, 0.717) is 24.1 Å². The molecule has 1 atom stereocenters. The highest BCUT2D eigenvalue weighted by Crippen LogP contribution is 2.32. The van der Waals surface area contributed by atoms with Gasteiger partial charge in [-0.05, 0) is 49.9 Å². The zero-order valence-corrected chi connectivity index (χ0v) is 16.2.